The van der Waals surface area contributed by atoms with Gasteiger partial charge in [0.25, 0.3) is 0 Å². The number of carbonyl (C=O) groups is 2. The monoisotopic (exact) mass is 297 g/mol. The van der Waals surface area contributed by atoms with Crippen LogP contribution in [0.1, 0.15) is 6.42 Å². The smallest absolute Gasteiger partial charge is 0.407 e. The Labute approximate surface area is 88.0 Å². The van der Waals surface area contributed by atoms with Gasteiger partial charge < -0.3 is 15.2 Å². The van der Waals surface area contributed by atoms with Crippen LogP contribution in [-0.4, -0.2) is 33.2 Å². The summed E-state index contributed by atoms with van der Waals surface area (Å²) in [6.07, 6.45) is -0.228. The molecule has 0 aromatic carbocycles. The van der Waals surface area contributed by atoms with Gasteiger partial charge in [-0.3, -0.25) is 4.79 Å². The fraction of sp³-hybridized carbons (Fsp3) is 0.714. The summed E-state index contributed by atoms with van der Waals surface area (Å²) in [5, 5.41) is 11.4. The number of carbonyl (C=O) groups excluding carboxylic acids is 1. The van der Waals surface area contributed by atoms with Crippen molar-refractivity contribution in [2.24, 2.45) is 5.92 Å². The molecule has 2 rings (SSSR count). The predicted molar refractivity (Wildman–Crippen MR) is 50.7 cm³/mol. The van der Waals surface area contributed by atoms with Gasteiger partial charge in [-0.25, -0.2) is 4.79 Å². The molecule has 4 unspecified atom stereocenters. The molecule has 1 saturated carbocycles. The number of ether oxygens (including phenoxy) is 1. The normalized spacial score (nSPS) is 42.4. The Hall–Kier alpha value is -0.530. The van der Waals surface area contributed by atoms with E-state index in [0.29, 0.717) is 6.42 Å². The van der Waals surface area contributed by atoms with Crippen molar-refractivity contribution in [2.75, 3.05) is 0 Å². The summed E-state index contributed by atoms with van der Waals surface area (Å²) < 4.78 is 4.83. The highest BCUT2D eigenvalue weighted by Crippen LogP contribution is 2.37. The second kappa shape index (κ2) is 3.00. The first-order chi connectivity index (χ1) is 6.09. The third-order valence-corrected chi connectivity index (χ3v) is 4.04. The molecule has 2 N–H and O–H groups in total. The minimum absolute atomic E-state index is 0.115. The number of hydrogen-bond donors (Lipinski definition) is 2. The predicted octanol–water partition coefficient (Wildman–Crippen LogP) is 0.371. The van der Waals surface area contributed by atoms with Gasteiger partial charge in [0.1, 0.15) is 6.10 Å². The van der Waals surface area contributed by atoms with E-state index in [0.717, 1.165) is 0 Å². The van der Waals surface area contributed by atoms with Crippen LogP contribution in [0.25, 0.3) is 0 Å². The van der Waals surface area contributed by atoms with Crippen LogP contribution in [0.15, 0.2) is 0 Å². The van der Waals surface area contributed by atoms with Crippen molar-refractivity contribution in [3.63, 3.8) is 0 Å². The zero-order chi connectivity index (χ0) is 9.59. The lowest BCUT2D eigenvalue weighted by atomic mass is 10.1. The zero-order valence-electron chi connectivity index (χ0n) is 6.57. The Kier molecular flexibility index (Phi) is 2.09. The summed E-state index contributed by atoms with van der Waals surface area (Å²) in [5.41, 5.74) is 0. The molecule has 1 aliphatic heterocycles. The number of carboxylic acids is 1. The molecule has 4 atom stereocenters. The van der Waals surface area contributed by atoms with E-state index in [2.05, 4.69) is 5.32 Å². The SMILES string of the molecule is O=C1NC2CC(C(=O)O)C(I)C2O1. The molecule has 0 bridgehead atoms. The molecule has 72 valence electrons. The molecular formula is C7H8INO4. The summed E-state index contributed by atoms with van der Waals surface area (Å²) in [7, 11) is 0. The molecule has 1 heterocycles. The van der Waals surface area contributed by atoms with Gasteiger partial charge in [-0.1, -0.05) is 22.6 Å². The fourth-order valence-electron chi connectivity index (χ4n) is 1.82. The highest BCUT2D eigenvalue weighted by atomic mass is 127. The zero-order valence-corrected chi connectivity index (χ0v) is 8.72. The lowest BCUT2D eigenvalue weighted by molar-refractivity contribution is -0.141. The summed E-state index contributed by atoms with van der Waals surface area (Å²) in [6.45, 7) is 0. The highest BCUT2D eigenvalue weighted by Gasteiger charge is 2.51. The molecule has 6 heteroatoms. The molecule has 2 aliphatic rings. The average molecular weight is 297 g/mol. The van der Waals surface area contributed by atoms with Gasteiger partial charge in [0, 0.05) is 0 Å². The first-order valence-corrected chi connectivity index (χ1v) is 5.18. The van der Waals surface area contributed by atoms with Gasteiger partial charge in [-0.15, -0.1) is 0 Å². The second-order valence-corrected chi connectivity index (χ2v) is 4.68. The van der Waals surface area contributed by atoms with Crippen LogP contribution in [0, 0.1) is 5.92 Å². The Balaban J connectivity index is 2.13. The standard InChI is InChI=1S/C7H8INO4/c8-4-2(6(10)11)1-3-5(4)13-7(12)9-3/h2-5H,1H2,(H,9,12)(H,10,11). The third kappa shape index (κ3) is 1.36. The summed E-state index contributed by atoms with van der Waals surface area (Å²) in [5.74, 6) is -1.22. The molecular weight excluding hydrogens is 289 g/mol. The number of fused-ring (bicyclic) bond motifs is 1. The van der Waals surface area contributed by atoms with Gasteiger partial charge in [0.2, 0.25) is 0 Å². The maximum Gasteiger partial charge on any atom is 0.407 e. The highest BCUT2D eigenvalue weighted by molar-refractivity contribution is 14.1. The van der Waals surface area contributed by atoms with Gasteiger partial charge in [-0.2, -0.15) is 0 Å². The number of aliphatic carboxylic acids is 1. The number of nitrogens with one attached hydrogen (secondary N) is 1. The van der Waals surface area contributed by atoms with Crippen molar-refractivity contribution in [1.82, 2.24) is 5.32 Å². The van der Waals surface area contributed by atoms with E-state index < -0.39 is 18.0 Å². The van der Waals surface area contributed by atoms with Crippen molar-refractivity contribution in [3.05, 3.63) is 0 Å². The molecule has 0 radical (unpaired) electrons. The largest absolute Gasteiger partial charge is 0.481 e. The maximum atomic E-state index is 10.8. The topological polar surface area (TPSA) is 75.6 Å². The maximum absolute atomic E-state index is 10.8. The molecule has 5 nitrogen and oxygen atoms in total. The van der Waals surface area contributed by atoms with Crippen LogP contribution >= 0.6 is 22.6 Å². The fourth-order valence-corrected chi connectivity index (χ4v) is 3.07. The number of rotatable bonds is 1. The van der Waals surface area contributed by atoms with E-state index in [1.807, 2.05) is 22.6 Å². The number of hydrogen-bond acceptors (Lipinski definition) is 3. The molecule has 0 aromatic heterocycles. The molecule has 1 saturated heterocycles. The second-order valence-electron chi connectivity index (χ2n) is 3.25. The lowest BCUT2D eigenvalue weighted by Gasteiger charge is -2.12. The molecule has 1 aliphatic carbocycles. The number of carboxylic acid groups (broad SMARTS) is 1. The summed E-state index contributed by atoms with van der Waals surface area (Å²) in [6, 6.07) is -0.115. The number of alkyl carbamates (subject to hydrolysis) is 1. The molecule has 0 aromatic rings. The van der Waals surface area contributed by atoms with Crippen LogP contribution in [0.3, 0.4) is 0 Å². The van der Waals surface area contributed by atoms with E-state index in [4.69, 9.17) is 9.84 Å². The Morgan fingerprint density at radius 1 is 1.69 bits per heavy atom. The minimum Gasteiger partial charge on any atom is -0.481 e. The van der Waals surface area contributed by atoms with E-state index in [9.17, 15) is 9.59 Å². The molecule has 1 amide bonds. The van der Waals surface area contributed by atoms with Crippen LogP contribution < -0.4 is 5.32 Å². The van der Waals surface area contributed by atoms with E-state index in [1.165, 1.54) is 0 Å². The van der Waals surface area contributed by atoms with Gasteiger partial charge in [-0.05, 0) is 6.42 Å². The van der Waals surface area contributed by atoms with E-state index in [1.54, 1.807) is 0 Å². The van der Waals surface area contributed by atoms with Gasteiger partial charge in [0.05, 0.1) is 15.9 Å². The van der Waals surface area contributed by atoms with Crippen molar-refractivity contribution in [1.29, 1.82) is 0 Å². The van der Waals surface area contributed by atoms with Crippen LogP contribution in [-0.2, 0) is 9.53 Å². The van der Waals surface area contributed by atoms with Crippen molar-refractivity contribution in [3.8, 4) is 0 Å². The van der Waals surface area contributed by atoms with Crippen LogP contribution in [0.2, 0.25) is 0 Å². The molecule has 0 spiro atoms. The Bertz CT molecular complexity index is 269. The number of halogens is 1. The average Bonchev–Trinajstić information content (AvgIpc) is 2.51. The number of amides is 1. The third-order valence-electron chi connectivity index (χ3n) is 2.47. The van der Waals surface area contributed by atoms with Gasteiger partial charge >= 0.3 is 12.1 Å². The first kappa shape index (κ1) is 9.04. The Morgan fingerprint density at radius 3 is 2.92 bits per heavy atom. The van der Waals surface area contributed by atoms with Crippen molar-refractivity contribution < 1.29 is 19.4 Å². The van der Waals surface area contributed by atoms with Crippen LogP contribution in [0.5, 0.6) is 0 Å². The quantitative estimate of drug-likeness (QED) is 0.542. The summed E-state index contributed by atoms with van der Waals surface area (Å²) >= 11 is 2.04. The van der Waals surface area contributed by atoms with E-state index in [-0.39, 0.29) is 16.1 Å². The minimum atomic E-state index is -0.813. The lowest BCUT2D eigenvalue weighted by Crippen LogP contribution is -2.28. The van der Waals surface area contributed by atoms with Crippen molar-refractivity contribution >= 4 is 34.7 Å². The summed E-state index contributed by atoms with van der Waals surface area (Å²) in [4.78, 5) is 21.5. The molecule has 2 fully saturated rings. The van der Waals surface area contributed by atoms with E-state index >= 15 is 0 Å². The van der Waals surface area contributed by atoms with Crippen molar-refractivity contribution in [2.45, 2.75) is 22.5 Å². The first-order valence-electron chi connectivity index (χ1n) is 3.93. The van der Waals surface area contributed by atoms with Crippen LogP contribution in [0.4, 0.5) is 4.79 Å². The number of alkyl halides is 1. The van der Waals surface area contributed by atoms with Gasteiger partial charge in [0.15, 0.2) is 0 Å². The molecule has 13 heavy (non-hydrogen) atoms. The Morgan fingerprint density at radius 2 is 2.38 bits per heavy atom.